The van der Waals surface area contributed by atoms with Crippen LogP contribution in [0.4, 0.5) is 5.95 Å². The lowest BCUT2D eigenvalue weighted by molar-refractivity contribution is 0.423. The van der Waals surface area contributed by atoms with Gasteiger partial charge >= 0.3 is 0 Å². The first-order chi connectivity index (χ1) is 12.6. The molecule has 1 atom stereocenters. The molecule has 0 bridgehead atoms. The van der Waals surface area contributed by atoms with Crippen LogP contribution in [-0.2, 0) is 13.1 Å². The highest BCUT2D eigenvalue weighted by Gasteiger charge is 2.21. The molecule has 0 aliphatic heterocycles. The molecule has 2 aromatic rings. The first kappa shape index (κ1) is 18.8. The standard InChI is InChI=1S/C20H32N6/c1-5-26-14-17(12-23-26)11-21-15(2)19-13-22-20(24-16(19)3)25(4)18-9-7-6-8-10-18/h12-15,18,21H,5-11H2,1-4H3. The molecular weight excluding hydrogens is 324 g/mol. The van der Waals surface area contributed by atoms with Crippen LogP contribution in [0.3, 0.4) is 0 Å². The highest BCUT2D eigenvalue weighted by molar-refractivity contribution is 5.34. The average molecular weight is 357 g/mol. The Hall–Kier alpha value is -1.95. The van der Waals surface area contributed by atoms with Crippen molar-refractivity contribution in [1.29, 1.82) is 0 Å². The zero-order chi connectivity index (χ0) is 18.5. The minimum absolute atomic E-state index is 0.203. The molecule has 0 spiro atoms. The van der Waals surface area contributed by atoms with Gasteiger partial charge in [0.15, 0.2) is 0 Å². The van der Waals surface area contributed by atoms with Crippen LogP contribution in [0.1, 0.15) is 68.8 Å². The molecule has 1 saturated carbocycles. The Morgan fingerprint density at radius 3 is 2.69 bits per heavy atom. The van der Waals surface area contributed by atoms with Gasteiger partial charge in [-0.15, -0.1) is 0 Å². The Morgan fingerprint density at radius 1 is 1.27 bits per heavy atom. The van der Waals surface area contributed by atoms with Gasteiger partial charge in [0.1, 0.15) is 0 Å². The quantitative estimate of drug-likeness (QED) is 0.821. The Morgan fingerprint density at radius 2 is 2.04 bits per heavy atom. The van der Waals surface area contributed by atoms with Crippen LogP contribution in [0.25, 0.3) is 0 Å². The van der Waals surface area contributed by atoms with Gasteiger partial charge in [-0.2, -0.15) is 5.10 Å². The molecule has 6 nitrogen and oxygen atoms in total. The molecule has 3 rings (SSSR count). The molecule has 1 aliphatic carbocycles. The van der Waals surface area contributed by atoms with Crippen molar-refractivity contribution in [3.8, 4) is 0 Å². The summed E-state index contributed by atoms with van der Waals surface area (Å²) < 4.78 is 1.95. The maximum Gasteiger partial charge on any atom is 0.225 e. The number of nitrogens with zero attached hydrogens (tertiary/aromatic N) is 5. The Balaban J connectivity index is 1.62. The maximum atomic E-state index is 4.80. The number of rotatable bonds is 7. The summed E-state index contributed by atoms with van der Waals surface area (Å²) in [6.07, 6.45) is 12.5. The predicted octanol–water partition coefficient (Wildman–Crippen LogP) is 3.62. The molecule has 1 unspecified atom stereocenters. The molecule has 2 heterocycles. The summed E-state index contributed by atoms with van der Waals surface area (Å²) in [5.41, 5.74) is 3.42. The second-order valence-corrected chi connectivity index (χ2v) is 7.42. The largest absolute Gasteiger partial charge is 0.341 e. The van der Waals surface area contributed by atoms with Crippen LogP contribution < -0.4 is 10.2 Å². The van der Waals surface area contributed by atoms with Crippen molar-refractivity contribution < 1.29 is 0 Å². The highest BCUT2D eigenvalue weighted by Crippen LogP contribution is 2.25. The summed E-state index contributed by atoms with van der Waals surface area (Å²) in [5, 5.41) is 7.88. The molecule has 0 amide bonds. The third kappa shape index (κ3) is 4.41. The number of anilines is 1. The summed E-state index contributed by atoms with van der Waals surface area (Å²) in [7, 11) is 2.14. The number of hydrogen-bond donors (Lipinski definition) is 1. The minimum atomic E-state index is 0.203. The lowest BCUT2D eigenvalue weighted by atomic mass is 9.95. The zero-order valence-corrected chi connectivity index (χ0v) is 16.6. The lowest BCUT2D eigenvalue weighted by Crippen LogP contribution is -2.34. The fraction of sp³-hybridized carbons (Fsp3) is 0.650. The molecule has 2 aromatic heterocycles. The van der Waals surface area contributed by atoms with E-state index in [1.54, 1.807) is 0 Å². The summed E-state index contributed by atoms with van der Waals surface area (Å²) >= 11 is 0. The summed E-state index contributed by atoms with van der Waals surface area (Å²) in [5.74, 6) is 0.856. The summed E-state index contributed by atoms with van der Waals surface area (Å²) in [4.78, 5) is 11.7. The number of hydrogen-bond acceptors (Lipinski definition) is 5. The van der Waals surface area contributed by atoms with E-state index in [0.29, 0.717) is 6.04 Å². The van der Waals surface area contributed by atoms with Crippen molar-refractivity contribution in [2.45, 2.75) is 78.0 Å². The van der Waals surface area contributed by atoms with Gasteiger partial charge in [0.05, 0.1) is 6.20 Å². The zero-order valence-electron chi connectivity index (χ0n) is 16.6. The molecule has 1 N–H and O–H groups in total. The molecule has 142 valence electrons. The number of nitrogens with one attached hydrogen (secondary N) is 1. The molecular formula is C20H32N6. The van der Waals surface area contributed by atoms with Crippen LogP contribution in [-0.4, -0.2) is 32.8 Å². The van der Waals surface area contributed by atoms with Crippen molar-refractivity contribution in [1.82, 2.24) is 25.1 Å². The van der Waals surface area contributed by atoms with Crippen LogP contribution in [0.15, 0.2) is 18.6 Å². The van der Waals surface area contributed by atoms with E-state index in [0.717, 1.165) is 30.3 Å². The second-order valence-electron chi connectivity index (χ2n) is 7.42. The van der Waals surface area contributed by atoms with Gasteiger partial charge in [-0.3, -0.25) is 4.68 Å². The van der Waals surface area contributed by atoms with E-state index in [-0.39, 0.29) is 6.04 Å². The van der Waals surface area contributed by atoms with Crippen molar-refractivity contribution in [3.05, 3.63) is 35.4 Å². The fourth-order valence-corrected chi connectivity index (χ4v) is 3.74. The molecule has 26 heavy (non-hydrogen) atoms. The van der Waals surface area contributed by atoms with E-state index >= 15 is 0 Å². The van der Waals surface area contributed by atoms with E-state index in [1.807, 2.05) is 17.1 Å². The van der Waals surface area contributed by atoms with Gasteiger partial charge in [-0.25, -0.2) is 9.97 Å². The van der Waals surface area contributed by atoms with Crippen molar-refractivity contribution >= 4 is 5.95 Å². The van der Waals surface area contributed by atoms with Gasteiger partial charge in [0.2, 0.25) is 5.95 Å². The van der Waals surface area contributed by atoms with Gasteiger partial charge < -0.3 is 10.2 Å². The van der Waals surface area contributed by atoms with Crippen molar-refractivity contribution in [3.63, 3.8) is 0 Å². The first-order valence-electron chi connectivity index (χ1n) is 9.89. The Kier molecular flexibility index (Phi) is 6.25. The lowest BCUT2D eigenvalue weighted by Gasteiger charge is -2.31. The van der Waals surface area contributed by atoms with E-state index in [4.69, 9.17) is 4.98 Å². The van der Waals surface area contributed by atoms with Crippen LogP contribution in [0, 0.1) is 6.92 Å². The van der Waals surface area contributed by atoms with Crippen LogP contribution in [0.5, 0.6) is 0 Å². The number of aryl methyl sites for hydroxylation is 2. The Bertz CT molecular complexity index is 704. The normalized spacial score (nSPS) is 16.6. The minimum Gasteiger partial charge on any atom is -0.341 e. The van der Waals surface area contributed by atoms with Crippen LogP contribution in [0.2, 0.25) is 0 Å². The van der Waals surface area contributed by atoms with E-state index in [9.17, 15) is 0 Å². The van der Waals surface area contributed by atoms with Gasteiger partial charge in [0.25, 0.3) is 0 Å². The van der Waals surface area contributed by atoms with Gasteiger partial charge in [-0.05, 0) is 33.6 Å². The Labute approximate surface area is 157 Å². The van der Waals surface area contributed by atoms with Crippen molar-refractivity contribution in [2.24, 2.45) is 0 Å². The third-order valence-corrected chi connectivity index (χ3v) is 5.53. The van der Waals surface area contributed by atoms with Gasteiger partial charge in [0, 0.05) is 61.4 Å². The molecule has 0 saturated heterocycles. The number of aromatic nitrogens is 4. The molecule has 1 fully saturated rings. The van der Waals surface area contributed by atoms with E-state index < -0.39 is 0 Å². The van der Waals surface area contributed by atoms with E-state index in [1.165, 1.54) is 37.7 Å². The first-order valence-corrected chi connectivity index (χ1v) is 9.89. The smallest absolute Gasteiger partial charge is 0.225 e. The topological polar surface area (TPSA) is 58.9 Å². The molecule has 0 radical (unpaired) electrons. The van der Waals surface area contributed by atoms with Gasteiger partial charge in [-0.1, -0.05) is 19.3 Å². The average Bonchev–Trinajstić information content (AvgIpc) is 3.14. The second kappa shape index (κ2) is 8.62. The molecule has 1 aliphatic rings. The van der Waals surface area contributed by atoms with Crippen LogP contribution >= 0.6 is 0 Å². The fourth-order valence-electron chi connectivity index (χ4n) is 3.74. The van der Waals surface area contributed by atoms with E-state index in [2.05, 4.69) is 54.3 Å². The monoisotopic (exact) mass is 356 g/mol. The van der Waals surface area contributed by atoms with Crippen molar-refractivity contribution in [2.75, 3.05) is 11.9 Å². The maximum absolute atomic E-state index is 4.80. The summed E-state index contributed by atoms with van der Waals surface area (Å²) in [6.45, 7) is 8.05. The third-order valence-electron chi connectivity index (χ3n) is 5.53. The summed E-state index contributed by atoms with van der Waals surface area (Å²) in [6, 6.07) is 0.786. The predicted molar refractivity (Wildman–Crippen MR) is 105 cm³/mol. The molecule has 0 aromatic carbocycles. The molecule has 6 heteroatoms. The highest BCUT2D eigenvalue weighted by atomic mass is 15.3. The SMILES string of the molecule is CCn1cc(CNC(C)c2cnc(N(C)C3CCCCC3)nc2C)cn1.